The molecule has 0 atom stereocenters. The van der Waals surface area contributed by atoms with Crippen LogP contribution in [0.3, 0.4) is 0 Å². The molecule has 0 spiro atoms. The van der Waals surface area contributed by atoms with Gasteiger partial charge in [0.1, 0.15) is 0 Å². The van der Waals surface area contributed by atoms with Crippen molar-refractivity contribution < 1.29 is 9.53 Å². The minimum Gasteiger partial charge on any atom is -0.463 e. The average molecular weight is 333 g/mol. The molecule has 136 valence electrons. The molecule has 0 bridgehead atoms. The lowest BCUT2D eigenvalue weighted by Gasteiger charge is -2.03. The Bertz CT molecular complexity index is 486. The zero-order valence-electron chi connectivity index (χ0n) is 16.6. The molecule has 0 rings (SSSR count). The van der Waals surface area contributed by atoms with E-state index in [0.29, 0.717) is 6.61 Å². The van der Waals surface area contributed by atoms with Crippen LogP contribution in [0.1, 0.15) is 80.1 Å². The number of allylic oxidation sites excluding steroid dienone is 7. The summed E-state index contributed by atoms with van der Waals surface area (Å²) in [7, 11) is 0. The standard InChI is InChI=1S/C22H36O2/c1-7-24-22(23)17-21(6)16-10-15-20(5)14-9-13-19(4)12-8-11-18(2)3/h11,13,15,17H,7-10,12,14,16H2,1-6H3/b19-13+,20-15?,21-17+. The number of esters is 1. The normalized spacial score (nSPS) is 13.0. The lowest BCUT2D eigenvalue weighted by molar-refractivity contribution is -0.137. The van der Waals surface area contributed by atoms with Crippen LogP contribution in [0.4, 0.5) is 0 Å². The van der Waals surface area contributed by atoms with Crippen molar-refractivity contribution in [1.82, 2.24) is 0 Å². The zero-order valence-corrected chi connectivity index (χ0v) is 16.6. The molecule has 24 heavy (non-hydrogen) atoms. The van der Waals surface area contributed by atoms with E-state index in [1.807, 2.05) is 13.8 Å². The van der Waals surface area contributed by atoms with Crippen LogP contribution in [0.25, 0.3) is 0 Å². The number of ether oxygens (including phenoxy) is 1. The Morgan fingerprint density at radius 1 is 0.750 bits per heavy atom. The van der Waals surface area contributed by atoms with Gasteiger partial charge in [0.2, 0.25) is 0 Å². The summed E-state index contributed by atoms with van der Waals surface area (Å²) in [5.41, 5.74) is 5.38. The fraction of sp³-hybridized carbons (Fsp3) is 0.591. The van der Waals surface area contributed by atoms with Gasteiger partial charge < -0.3 is 4.74 Å². The topological polar surface area (TPSA) is 26.3 Å². The van der Waals surface area contributed by atoms with Crippen molar-refractivity contribution >= 4 is 5.97 Å². The minimum atomic E-state index is -0.232. The maximum atomic E-state index is 11.3. The fourth-order valence-corrected chi connectivity index (χ4v) is 2.34. The van der Waals surface area contributed by atoms with Gasteiger partial charge in [-0.15, -0.1) is 0 Å². The van der Waals surface area contributed by atoms with E-state index >= 15 is 0 Å². The largest absolute Gasteiger partial charge is 0.463 e. The average Bonchev–Trinajstić information content (AvgIpc) is 2.46. The van der Waals surface area contributed by atoms with Gasteiger partial charge in [-0.2, -0.15) is 0 Å². The Labute approximate surface area is 149 Å². The molecule has 0 aromatic carbocycles. The molecule has 0 saturated heterocycles. The highest BCUT2D eigenvalue weighted by Gasteiger charge is 1.98. The Balaban J connectivity index is 4.06. The van der Waals surface area contributed by atoms with Gasteiger partial charge in [-0.1, -0.05) is 40.5 Å². The van der Waals surface area contributed by atoms with Crippen LogP contribution in [0.2, 0.25) is 0 Å². The van der Waals surface area contributed by atoms with Gasteiger partial charge in [0, 0.05) is 6.08 Å². The van der Waals surface area contributed by atoms with Gasteiger partial charge >= 0.3 is 5.97 Å². The SMILES string of the molecule is CCOC(=O)/C=C(\C)CCC=C(C)CC/C=C(\C)CCC=C(C)C. The maximum Gasteiger partial charge on any atom is 0.330 e. The van der Waals surface area contributed by atoms with Crippen molar-refractivity contribution in [2.75, 3.05) is 6.61 Å². The molecule has 2 nitrogen and oxygen atoms in total. The summed E-state index contributed by atoms with van der Waals surface area (Å²) in [4.78, 5) is 11.3. The van der Waals surface area contributed by atoms with Crippen LogP contribution >= 0.6 is 0 Å². The van der Waals surface area contributed by atoms with E-state index in [9.17, 15) is 4.79 Å². The predicted molar refractivity (Wildman–Crippen MR) is 105 cm³/mol. The van der Waals surface area contributed by atoms with E-state index in [0.717, 1.165) is 44.1 Å². The first kappa shape index (κ1) is 22.4. The maximum absolute atomic E-state index is 11.3. The van der Waals surface area contributed by atoms with Crippen LogP contribution in [-0.2, 0) is 9.53 Å². The predicted octanol–water partition coefficient (Wildman–Crippen LogP) is 6.70. The van der Waals surface area contributed by atoms with Crippen molar-refractivity contribution in [2.24, 2.45) is 0 Å². The molecule has 0 aliphatic rings. The summed E-state index contributed by atoms with van der Waals surface area (Å²) < 4.78 is 4.92. The number of carbonyl (C=O) groups is 1. The van der Waals surface area contributed by atoms with Crippen molar-refractivity contribution in [3.63, 3.8) is 0 Å². The summed E-state index contributed by atoms with van der Waals surface area (Å²) in [6, 6.07) is 0. The van der Waals surface area contributed by atoms with E-state index in [-0.39, 0.29) is 5.97 Å². The van der Waals surface area contributed by atoms with Gasteiger partial charge in [0.25, 0.3) is 0 Å². The zero-order chi connectivity index (χ0) is 18.4. The van der Waals surface area contributed by atoms with Crippen molar-refractivity contribution in [3.05, 3.63) is 46.6 Å². The molecule has 0 aromatic heterocycles. The van der Waals surface area contributed by atoms with E-state index < -0.39 is 0 Å². The van der Waals surface area contributed by atoms with Gasteiger partial charge in [-0.3, -0.25) is 0 Å². The molecule has 0 fully saturated rings. The van der Waals surface area contributed by atoms with Crippen molar-refractivity contribution in [3.8, 4) is 0 Å². The molecular weight excluding hydrogens is 296 g/mol. The molecule has 0 aliphatic carbocycles. The summed E-state index contributed by atoms with van der Waals surface area (Å²) >= 11 is 0. The van der Waals surface area contributed by atoms with Gasteiger partial charge in [0.05, 0.1) is 6.61 Å². The second-order valence-corrected chi connectivity index (χ2v) is 6.74. The van der Waals surface area contributed by atoms with E-state index in [2.05, 4.69) is 45.9 Å². The Kier molecular flexibility index (Phi) is 12.9. The van der Waals surface area contributed by atoms with Gasteiger partial charge in [-0.05, 0) is 80.1 Å². The first-order valence-electron chi connectivity index (χ1n) is 9.13. The highest BCUT2D eigenvalue weighted by Crippen LogP contribution is 2.13. The first-order chi connectivity index (χ1) is 11.3. The monoisotopic (exact) mass is 332 g/mol. The summed E-state index contributed by atoms with van der Waals surface area (Å²) in [6.07, 6.45) is 15.0. The molecule has 0 amide bonds. The highest BCUT2D eigenvalue weighted by molar-refractivity contribution is 5.82. The number of hydrogen-bond donors (Lipinski definition) is 0. The minimum absolute atomic E-state index is 0.232. The van der Waals surface area contributed by atoms with Crippen LogP contribution in [-0.4, -0.2) is 12.6 Å². The molecule has 0 unspecified atom stereocenters. The van der Waals surface area contributed by atoms with Crippen LogP contribution < -0.4 is 0 Å². The van der Waals surface area contributed by atoms with Crippen molar-refractivity contribution in [1.29, 1.82) is 0 Å². The number of hydrogen-bond acceptors (Lipinski definition) is 2. The van der Waals surface area contributed by atoms with Crippen LogP contribution in [0.5, 0.6) is 0 Å². The van der Waals surface area contributed by atoms with Gasteiger partial charge in [-0.25, -0.2) is 4.79 Å². The lowest BCUT2D eigenvalue weighted by Crippen LogP contribution is -2.00. The molecule has 0 N–H and O–H groups in total. The summed E-state index contributed by atoms with van der Waals surface area (Å²) in [6.45, 7) is 13.0. The first-order valence-corrected chi connectivity index (χ1v) is 9.13. The second-order valence-electron chi connectivity index (χ2n) is 6.74. The van der Waals surface area contributed by atoms with Crippen LogP contribution in [0, 0.1) is 0 Å². The smallest absolute Gasteiger partial charge is 0.330 e. The second kappa shape index (κ2) is 13.8. The number of rotatable bonds is 11. The Morgan fingerprint density at radius 3 is 1.67 bits per heavy atom. The molecule has 0 saturated carbocycles. The summed E-state index contributed by atoms with van der Waals surface area (Å²) in [5, 5.41) is 0. The Morgan fingerprint density at radius 2 is 1.21 bits per heavy atom. The molecule has 0 aliphatic heterocycles. The van der Waals surface area contributed by atoms with Gasteiger partial charge in [0.15, 0.2) is 0 Å². The third-order valence-corrected chi connectivity index (χ3v) is 3.81. The highest BCUT2D eigenvalue weighted by atomic mass is 16.5. The number of carbonyl (C=O) groups excluding carboxylic acids is 1. The van der Waals surface area contributed by atoms with E-state index in [1.54, 1.807) is 6.08 Å². The third kappa shape index (κ3) is 14.0. The lowest BCUT2D eigenvalue weighted by atomic mass is 10.0. The quantitative estimate of drug-likeness (QED) is 0.239. The fourth-order valence-electron chi connectivity index (χ4n) is 2.34. The van der Waals surface area contributed by atoms with Crippen molar-refractivity contribution in [2.45, 2.75) is 80.1 Å². The Hall–Kier alpha value is -1.57. The summed E-state index contributed by atoms with van der Waals surface area (Å²) in [5.74, 6) is -0.232. The molecule has 0 aromatic rings. The van der Waals surface area contributed by atoms with Crippen LogP contribution in [0.15, 0.2) is 46.6 Å². The van der Waals surface area contributed by atoms with E-state index in [1.165, 1.54) is 16.7 Å². The third-order valence-electron chi connectivity index (χ3n) is 3.81. The molecule has 2 heteroatoms. The molecular formula is C22H36O2. The molecule has 0 radical (unpaired) electrons. The van der Waals surface area contributed by atoms with E-state index in [4.69, 9.17) is 4.74 Å². The molecule has 0 heterocycles.